The lowest BCUT2D eigenvalue weighted by Gasteiger charge is -2.06. The van der Waals surface area contributed by atoms with Gasteiger partial charge in [-0.05, 0) is 11.8 Å². The van der Waals surface area contributed by atoms with E-state index >= 15 is 0 Å². The minimum atomic E-state index is -0.863. The summed E-state index contributed by atoms with van der Waals surface area (Å²) in [6, 6.07) is 0. The number of hydrogen-bond acceptors (Lipinski definition) is 6. The lowest BCUT2D eigenvalue weighted by atomic mass is 10.4. The molecule has 0 bridgehead atoms. The number of carbonyl (C=O) groups is 1. The quantitative estimate of drug-likeness (QED) is 0.178. The molecule has 0 aromatic carbocycles. The number of ether oxygens (including phenoxy) is 1. The number of amidine groups is 1. The molecule has 0 fully saturated rings. The Balaban J connectivity index is 4.25. The predicted octanol–water partition coefficient (Wildman–Crippen LogP) is 0.516. The molecule has 0 atom stereocenters. The van der Waals surface area contributed by atoms with Crippen LogP contribution >= 0.6 is 11.6 Å². The normalized spacial score (nSPS) is 10.8. The van der Waals surface area contributed by atoms with E-state index in [1.54, 1.807) is 6.92 Å². The van der Waals surface area contributed by atoms with Crippen LogP contribution < -0.4 is 5.32 Å². The molecule has 0 saturated heterocycles. The van der Waals surface area contributed by atoms with E-state index in [0.717, 1.165) is 6.08 Å². The van der Waals surface area contributed by atoms with Gasteiger partial charge in [0, 0.05) is 5.70 Å². The highest BCUT2D eigenvalue weighted by molar-refractivity contribution is 6.19. The second kappa shape index (κ2) is 7.63. The van der Waals surface area contributed by atoms with Crippen LogP contribution in [0.25, 0.3) is 0 Å². The van der Waals surface area contributed by atoms with E-state index < -0.39 is 16.7 Å². The van der Waals surface area contributed by atoms with Crippen molar-refractivity contribution in [2.24, 2.45) is 0 Å². The summed E-state index contributed by atoms with van der Waals surface area (Å²) in [5.74, 6) is -1.35. The fourth-order valence-electron chi connectivity index (χ4n) is 0.752. The molecule has 0 amide bonds. The van der Waals surface area contributed by atoms with Crippen molar-refractivity contribution in [2.75, 3.05) is 19.0 Å². The van der Waals surface area contributed by atoms with E-state index in [2.05, 4.69) is 10.1 Å². The average Bonchev–Trinajstić information content (AvgIpc) is 2.24. The largest absolute Gasteiger partial charge is 0.465 e. The number of nitro groups is 1. The summed E-state index contributed by atoms with van der Waals surface area (Å²) in [6.07, 6.45) is 0.951. The Hall–Kier alpha value is -1.63. The van der Waals surface area contributed by atoms with Crippen molar-refractivity contribution in [3.63, 3.8) is 0 Å². The Kier molecular flexibility index (Phi) is 6.86. The van der Waals surface area contributed by atoms with E-state index in [0.29, 0.717) is 0 Å². The minimum Gasteiger partial charge on any atom is -0.465 e. The number of esters is 1. The predicted molar refractivity (Wildman–Crippen MR) is 58.2 cm³/mol. The summed E-state index contributed by atoms with van der Waals surface area (Å²) >= 11 is 5.47. The van der Waals surface area contributed by atoms with E-state index in [9.17, 15) is 14.9 Å². The topological polar surface area (TPSA) is 105 Å². The molecular formula is C8H12ClN3O4. The third-order valence-corrected chi connectivity index (χ3v) is 1.70. The van der Waals surface area contributed by atoms with Crippen LogP contribution in [0.4, 0.5) is 0 Å². The molecule has 2 N–H and O–H groups in total. The first-order chi connectivity index (χ1) is 7.51. The van der Waals surface area contributed by atoms with Gasteiger partial charge in [-0.15, -0.1) is 11.6 Å². The highest BCUT2D eigenvalue weighted by atomic mass is 35.5. The maximum atomic E-state index is 10.9. The van der Waals surface area contributed by atoms with Crippen LogP contribution in [0.3, 0.4) is 0 Å². The molecule has 0 radical (unpaired) electrons. The van der Waals surface area contributed by atoms with E-state index in [4.69, 9.17) is 17.0 Å². The molecule has 90 valence electrons. The summed E-state index contributed by atoms with van der Waals surface area (Å²) in [7, 11) is 0. The van der Waals surface area contributed by atoms with Gasteiger partial charge in [-0.2, -0.15) is 0 Å². The minimum absolute atomic E-state index is 0.0599. The van der Waals surface area contributed by atoms with Gasteiger partial charge in [-0.1, -0.05) is 5.41 Å². The van der Waals surface area contributed by atoms with Crippen molar-refractivity contribution in [1.82, 2.24) is 5.32 Å². The van der Waals surface area contributed by atoms with Gasteiger partial charge in [0.1, 0.15) is 6.54 Å². The SMILES string of the molecule is CCOC(=O)CN/C(=C\C(=N)[N+](=O)[O-])CCl. The van der Waals surface area contributed by atoms with E-state index in [1.807, 2.05) is 0 Å². The number of allylic oxidation sites excluding steroid dienone is 1. The maximum Gasteiger partial charge on any atom is 0.357 e. The number of nitrogens with zero attached hydrogens (tertiary/aromatic N) is 1. The van der Waals surface area contributed by atoms with Crippen molar-refractivity contribution in [1.29, 1.82) is 5.41 Å². The van der Waals surface area contributed by atoms with Gasteiger partial charge < -0.3 is 20.2 Å². The fraction of sp³-hybridized carbons (Fsp3) is 0.500. The lowest BCUT2D eigenvalue weighted by Crippen LogP contribution is -2.26. The third-order valence-electron chi connectivity index (χ3n) is 1.42. The Morgan fingerprint density at radius 2 is 2.31 bits per heavy atom. The smallest absolute Gasteiger partial charge is 0.357 e. The first-order valence-corrected chi connectivity index (χ1v) is 4.93. The van der Waals surface area contributed by atoms with Crippen molar-refractivity contribution in [3.05, 3.63) is 21.9 Å². The van der Waals surface area contributed by atoms with Crippen molar-refractivity contribution in [2.45, 2.75) is 6.92 Å². The molecule has 0 spiro atoms. The number of alkyl halides is 1. The lowest BCUT2D eigenvalue weighted by molar-refractivity contribution is -0.349. The van der Waals surface area contributed by atoms with Crippen LogP contribution in [-0.2, 0) is 9.53 Å². The van der Waals surface area contributed by atoms with Crippen molar-refractivity contribution < 1.29 is 14.5 Å². The average molecular weight is 250 g/mol. The first-order valence-electron chi connectivity index (χ1n) is 4.40. The zero-order chi connectivity index (χ0) is 12.6. The molecule has 16 heavy (non-hydrogen) atoms. The van der Waals surface area contributed by atoms with Crippen LogP contribution in [0, 0.1) is 15.5 Å². The standard InChI is InChI=1S/C8H12ClN3O4/c1-2-16-8(13)5-11-6(4-9)3-7(10)12(14)15/h3,10-11H,2,4-5H2,1H3/b6-3-,10-7?. The molecule has 8 heteroatoms. The van der Waals surface area contributed by atoms with Gasteiger partial charge >= 0.3 is 11.8 Å². The number of carbonyl (C=O) groups excluding carboxylic acids is 1. The third kappa shape index (κ3) is 5.97. The van der Waals surface area contributed by atoms with Gasteiger partial charge in [0.2, 0.25) is 0 Å². The number of nitrogens with one attached hydrogen (secondary N) is 2. The molecule has 0 aliphatic heterocycles. The summed E-state index contributed by atoms with van der Waals surface area (Å²) < 4.78 is 4.63. The van der Waals surface area contributed by atoms with Crippen LogP contribution in [-0.4, -0.2) is 35.8 Å². The Bertz CT molecular complexity index is 316. The summed E-state index contributed by atoms with van der Waals surface area (Å²) in [5.41, 5.74) is 0.219. The molecule has 7 nitrogen and oxygen atoms in total. The molecule has 0 rings (SSSR count). The van der Waals surface area contributed by atoms with Crippen molar-refractivity contribution >= 4 is 23.4 Å². The number of rotatable bonds is 6. The monoisotopic (exact) mass is 249 g/mol. The highest BCUT2D eigenvalue weighted by Gasteiger charge is 2.08. The first kappa shape index (κ1) is 14.4. The molecular weight excluding hydrogens is 238 g/mol. The van der Waals surface area contributed by atoms with Gasteiger partial charge in [0.15, 0.2) is 0 Å². The molecule has 0 aliphatic carbocycles. The van der Waals surface area contributed by atoms with E-state index in [1.165, 1.54) is 0 Å². The van der Waals surface area contributed by atoms with Crippen LogP contribution in [0.5, 0.6) is 0 Å². The zero-order valence-corrected chi connectivity index (χ0v) is 9.41. The second-order valence-corrected chi connectivity index (χ2v) is 2.87. The van der Waals surface area contributed by atoms with Gasteiger partial charge in [0.25, 0.3) is 0 Å². The van der Waals surface area contributed by atoms with E-state index in [-0.39, 0.29) is 24.7 Å². The zero-order valence-electron chi connectivity index (χ0n) is 8.66. The fourth-order valence-corrected chi connectivity index (χ4v) is 0.924. The number of hydrogen-bond donors (Lipinski definition) is 2. The summed E-state index contributed by atoms with van der Waals surface area (Å²) in [5, 5.41) is 19.7. The molecule has 0 unspecified atom stereocenters. The molecule has 0 aromatic rings. The van der Waals surface area contributed by atoms with Crippen LogP contribution in [0.2, 0.25) is 0 Å². The van der Waals surface area contributed by atoms with Crippen molar-refractivity contribution in [3.8, 4) is 0 Å². The molecule has 0 saturated carbocycles. The Morgan fingerprint density at radius 1 is 1.69 bits per heavy atom. The molecule has 0 aliphatic rings. The molecule has 0 aromatic heterocycles. The maximum absolute atomic E-state index is 10.9. The molecule has 0 heterocycles. The summed E-state index contributed by atoms with van der Waals surface area (Å²) in [4.78, 5) is 20.2. The number of halogens is 1. The highest BCUT2D eigenvalue weighted by Crippen LogP contribution is 1.94. The Morgan fingerprint density at radius 3 is 2.75 bits per heavy atom. The summed E-state index contributed by atoms with van der Waals surface area (Å²) in [6.45, 7) is 1.78. The van der Waals surface area contributed by atoms with Crippen LogP contribution in [0.15, 0.2) is 11.8 Å². The Labute approximate surface area is 97.1 Å². The van der Waals surface area contributed by atoms with Crippen LogP contribution in [0.1, 0.15) is 6.92 Å². The van der Waals surface area contributed by atoms with Gasteiger partial charge in [-0.3, -0.25) is 4.79 Å². The second-order valence-electron chi connectivity index (χ2n) is 2.60. The van der Waals surface area contributed by atoms with Gasteiger partial charge in [-0.25, -0.2) is 0 Å². The van der Waals surface area contributed by atoms with Gasteiger partial charge in [0.05, 0.1) is 18.6 Å².